The van der Waals surface area contributed by atoms with Crippen molar-refractivity contribution < 1.29 is 9.59 Å². The molecule has 1 aliphatic carbocycles. The molecule has 1 aliphatic heterocycles. The van der Waals surface area contributed by atoms with Crippen LogP contribution >= 0.6 is 11.3 Å². The number of thiophene rings is 1. The first-order valence-corrected chi connectivity index (χ1v) is 7.57. The van der Waals surface area contributed by atoms with Gasteiger partial charge >= 0.3 is 0 Å². The van der Waals surface area contributed by atoms with E-state index in [-0.39, 0.29) is 17.9 Å². The molecule has 1 saturated carbocycles. The summed E-state index contributed by atoms with van der Waals surface area (Å²) >= 11 is 1.55. The maximum atomic E-state index is 12.4. The zero-order valence-electron chi connectivity index (χ0n) is 10.3. The van der Waals surface area contributed by atoms with Gasteiger partial charge in [-0.1, -0.05) is 0 Å². The Kier molecular flexibility index (Phi) is 3.20. The third-order valence-electron chi connectivity index (χ3n) is 4.14. The Hall–Kier alpha value is -1.16. The normalized spacial score (nSPS) is 28.0. The van der Waals surface area contributed by atoms with Gasteiger partial charge < -0.3 is 4.90 Å². The van der Waals surface area contributed by atoms with E-state index in [4.69, 9.17) is 0 Å². The third kappa shape index (κ3) is 1.99. The first kappa shape index (κ1) is 11.9. The number of rotatable bonds is 2. The first-order valence-electron chi connectivity index (χ1n) is 6.63. The van der Waals surface area contributed by atoms with Gasteiger partial charge in [-0.25, -0.2) is 0 Å². The lowest BCUT2D eigenvalue weighted by Crippen LogP contribution is -2.41. The van der Waals surface area contributed by atoms with Gasteiger partial charge in [-0.2, -0.15) is 11.3 Å². The molecule has 18 heavy (non-hydrogen) atoms. The maximum Gasteiger partial charge on any atom is 0.254 e. The molecule has 2 atom stereocenters. The highest BCUT2D eigenvalue weighted by Crippen LogP contribution is 2.34. The summed E-state index contributed by atoms with van der Waals surface area (Å²) in [6.45, 7) is 0.809. The van der Waals surface area contributed by atoms with Gasteiger partial charge in [0.2, 0.25) is 0 Å². The highest BCUT2D eigenvalue weighted by Gasteiger charge is 2.40. The highest BCUT2D eigenvalue weighted by atomic mass is 32.1. The predicted octanol–water partition coefficient (Wildman–Crippen LogP) is 2.72. The quantitative estimate of drug-likeness (QED) is 0.822. The van der Waals surface area contributed by atoms with Crippen LogP contribution in [-0.4, -0.2) is 29.2 Å². The topological polar surface area (TPSA) is 37.4 Å². The number of likely N-dealkylation sites (tertiary alicyclic amines) is 1. The SMILES string of the molecule is O=C1CCCC1C1CCCN1C(=O)c1ccsc1. The van der Waals surface area contributed by atoms with E-state index in [0.29, 0.717) is 12.2 Å². The van der Waals surface area contributed by atoms with Crippen LogP contribution < -0.4 is 0 Å². The lowest BCUT2D eigenvalue weighted by Gasteiger charge is -2.28. The maximum absolute atomic E-state index is 12.4. The molecule has 3 rings (SSSR count). The van der Waals surface area contributed by atoms with Gasteiger partial charge in [0.1, 0.15) is 5.78 Å². The van der Waals surface area contributed by atoms with Crippen molar-refractivity contribution in [1.29, 1.82) is 0 Å². The van der Waals surface area contributed by atoms with Crippen molar-refractivity contribution >= 4 is 23.0 Å². The van der Waals surface area contributed by atoms with Gasteiger partial charge in [-0.15, -0.1) is 0 Å². The van der Waals surface area contributed by atoms with E-state index < -0.39 is 0 Å². The molecule has 0 N–H and O–H groups in total. The van der Waals surface area contributed by atoms with Crippen LogP contribution in [0.5, 0.6) is 0 Å². The number of carbonyl (C=O) groups excluding carboxylic acids is 2. The van der Waals surface area contributed by atoms with E-state index in [1.165, 1.54) is 0 Å². The minimum atomic E-state index is 0.107. The summed E-state index contributed by atoms with van der Waals surface area (Å²) in [5, 5.41) is 3.83. The number of carbonyl (C=O) groups is 2. The number of nitrogens with zero attached hydrogens (tertiary/aromatic N) is 1. The van der Waals surface area contributed by atoms with Crippen molar-refractivity contribution in [3.63, 3.8) is 0 Å². The Balaban J connectivity index is 1.79. The average molecular weight is 263 g/mol. The summed E-state index contributed by atoms with van der Waals surface area (Å²) < 4.78 is 0. The molecule has 1 saturated heterocycles. The Morgan fingerprint density at radius 1 is 1.33 bits per heavy atom. The fourth-order valence-electron chi connectivity index (χ4n) is 3.26. The molecule has 0 radical (unpaired) electrons. The largest absolute Gasteiger partial charge is 0.335 e. The van der Waals surface area contributed by atoms with Crippen molar-refractivity contribution in [2.24, 2.45) is 5.92 Å². The molecule has 1 aromatic rings. The first-order chi connectivity index (χ1) is 8.77. The van der Waals surface area contributed by atoms with E-state index in [0.717, 1.165) is 37.8 Å². The second-order valence-electron chi connectivity index (χ2n) is 5.19. The molecule has 1 amide bonds. The van der Waals surface area contributed by atoms with Crippen LogP contribution in [0.3, 0.4) is 0 Å². The van der Waals surface area contributed by atoms with E-state index in [9.17, 15) is 9.59 Å². The molecule has 2 heterocycles. The smallest absolute Gasteiger partial charge is 0.254 e. The molecular formula is C14H17NO2S. The number of hydrogen-bond acceptors (Lipinski definition) is 3. The highest BCUT2D eigenvalue weighted by molar-refractivity contribution is 7.08. The predicted molar refractivity (Wildman–Crippen MR) is 70.7 cm³/mol. The zero-order valence-corrected chi connectivity index (χ0v) is 11.1. The third-order valence-corrected chi connectivity index (χ3v) is 4.83. The summed E-state index contributed by atoms with van der Waals surface area (Å²) in [4.78, 5) is 26.2. The van der Waals surface area contributed by atoms with Gasteiger partial charge in [-0.3, -0.25) is 9.59 Å². The van der Waals surface area contributed by atoms with E-state index in [1.54, 1.807) is 11.3 Å². The lowest BCUT2D eigenvalue weighted by atomic mass is 9.95. The number of amides is 1. The van der Waals surface area contributed by atoms with Crippen LogP contribution in [0.15, 0.2) is 16.8 Å². The molecule has 3 nitrogen and oxygen atoms in total. The molecule has 96 valence electrons. The van der Waals surface area contributed by atoms with Crippen molar-refractivity contribution in [2.45, 2.75) is 38.1 Å². The van der Waals surface area contributed by atoms with Crippen molar-refractivity contribution in [1.82, 2.24) is 4.90 Å². The van der Waals surface area contributed by atoms with Gasteiger partial charge in [0, 0.05) is 30.3 Å². The Morgan fingerprint density at radius 3 is 2.89 bits per heavy atom. The molecule has 0 aromatic carbocycles. The van der Waals surface area contributed by atoms with E-state index in [1.807, 2.05) is 21.7 Å². The summed E-state index contributed by atoms with van der Waals surface area (Å²) in [6.07, 6.45) is 4.70. The Labute approximate surface area is 111 Å². The minimum absolute atomic E-state index is 0.107. The second kappa shape index (κ2) is 4.84. The summed E-state index contributed by atoms with van der Waals surface area (Å²) in [6, 6.07) is 2.03. The monoisotopic (exact) mass is 263 g/mol. The number of ketones is 1. The van der Waals surface area contributed by atoms with Crippen LogP contribution in [0.25, 0.3) is 0 Å². The van der Waals surface area contributed by atoms with Crippen molar-refractivity contribution in [3.8, 4) is 0 Å². The molecule has 2 aliphatic rings. The summed E-state index contributed by atoms with van der Waals surface area (Å²) in [7, 11) is 0. The fourth-order valence-corrected chi connectivity index (χ4v) is 3.89. The Morgan fingerprint density at radius 2 is 2.22 bits per heavy atom. The average Bonchev–Trinajstić information content (AvgIpc) is 3.09. The number of hydrogen-bond donors (Lipinski definition) is 0. The van der Waals surface area contributed by atoms with E-state index >= 15 is 0 Å². The van der Waals surface area contributed by atoms with Crippen molar-refractivity contribution in [2.75, 3.05) is 6.54 Å². The molecule has 2 fully saturated rings. The lowest BCUT2D eigenvalue weighted by molar-refractivity contribution is -0.121. The summed E-state index contributed by atoms with van der Waals surface area (Å²) in [5.74, 6) is 0.582. The van der Waals surface area contributed by atoms with Crippen LogP contribution in [0.2, 0.25) is 0 Å². The standard InChI is InChI=1S/C14H17NO2S/c16-13-5-1-3-11(13)12-4-2-7-15(12)14(17)10-6-8-18-9-10/h6,8-9,11-12H,1-5,7H2. The van der Waals surface area contributed by atoms with E-state index in [2.05, 4.69) is 0 Å². The molecule has 0 spiro atoms. The number of Topliss-reactive ketones (excluding diaryl/α,β-unsaturated/α-hetero) is 1. The molecule has 2 unspecified atom stereocenters. The molecule has 4 heteroatoms. The Bertz CT molecular complexity index is 454. The summed E-state index contributed by atoms with van der Waals surface area (Å²) in [5.41, 5.74) is 0.775. The van der Waals surface area contributed by atoms with Crippen LogP contribution in [-0.2, 0) is 4.79 Å². The zero-order chi connectivity index (χ0) is 12.5. The van der Waals surface area contributed by atoms with Crippen LogP contribution in [0.1, 0.15) is 42.5 Å². The van der Waals surface area contributed by atoms with Crippen molar-refractivity contribution in [3.05, 3.63) is 22.4 Å². The van der Waals surface area contributed by atoms with Gasteiger partial charge in [0.15, 0.2) is 0 Å². The molecular weight excluding hydrogens is 246 g/mol. The molecule has 0 bridgehead atoms. The van der Waals surface area contributed by atoms with Gasteiger partial charge in [-0.05, 0) is 37.1 Å². The van der Waals surface area contributed by atoms with Crippen LogP contribution in [0.4, 0.5) is 0 Å². The molecule has 1 aromatic heterocycles. The second-order valence-corrected chi connectivity index (χ2v) is 5.97. The fraction of sp³-hybridized carbons (Fsp3) is 0.571. The minimum Gasteiger partial charge on any atom is -0.335 e. The van der Waals surface area contributed by atoms with Gasteiger partial charge in [0.05, 0.1) is 5.56 Å². The van der Waals surface area contributed by atoms with Crippen LogP contribution in [0, 0.1) is 5.92 Å². The van der Waals surface area contributed by atoms with Gasteiger partial charge in [0.25, 0.3) is 5.91 Å².